The van der Waals surface area contributed by atoms with Crippen LogP contribution in [0.15, 0.2) is 56.2 Å². The van der Waals surface area contributed by atoms with E-state index >= 15 is 0 Å². The second-order valence-electron chi connectivity index (χ2n) is 5.13. The van der Waals surface area contributed by atoms with Gasteiger partial charge in [0.05, 0.1) is 22.2 Å². The Bertz CT molecular complexity index is 1080. The lowest BCUT2D eigenvalue weighted by atomic mass is 10.2. The first kappa shape index (κ1) is 17.5. The van der Waals surface area contributed by atoms with Crippen LogP contribution in [0.5, 0.6) is 5.75 Å². The summed E-state index contributed by atoms with van der Waals surface area (Å²) in [6.07, 6.45) is 0. The Morgan fingerprint density at radius 1 is 1.24 bits per heavy atom. The quantitative estimate of drug-likeness (QED) is 0.667. The molecule has 9 heteroatoms. The van der Waals surface area contributed by atoms with Crippen LogP contribution in [-0.4, -0.2) is 21.4 Å². The Hall–Kier alpha value is -2.36. The predicted molar refractivity (Wildman–Crippen MR) is 96.2 cm³/mol. The summed E-state index contributed by atoms with van der Waals surface area (Å²) in [5.74, 6) is -0.184. The number of ether oxygens (including phenoxy) is 1. The highest BCUT2D eigenvalue weighted by molar-refractivity contribution is 9.10. The van der Waals surface area contributed by atoms with Gasteiger partial charge in [-0.2, -0.15) is 0 Å². The number of sulfonamides is 1. The van der Waals surface area contributed by atoms with Crippen molar-refractivity contribution in [1.82, 2.24) is 0 Å². The van der Waals surface area contributed by atoms with Gasteiger partial charge >= 0.3 is 0 Å². The second kappa shape index (κ2) is 6.51. The van der Waals surface area contributed by atoms with Crippen LogP contribution < -0.4 is 15.2 Å². The summed E-state index contributed by atoms with van der Waals surface area (Å²) < 4.78 is 34.4. The van der Waals surface area contributed by atoms with Crippen molar-refractivity contribution in [1.29, 1.82) is 0 Å². The fraction of sp³-hybridized carbons (Fsp3) is 0.0625. The molecule has 0 aliphatic heterocycles. The number of furan rings is 1. The Labute approximate surface area is 151 Å². The molecule has 0 spiro atoms. The zero-order chi connectivity index (χ0) is 18.2. The van der Waals surface area contributed by atoms with E-state index in [9.17, 15) is 13.2 Å². The van der Waals surface area contributed by atoms with Gasteiger partial charge in [0.15, 0.2) is 5.76 Å². The number of hydrogen-bond donors (Lipinski definition) is 2. The zero-order valence-electron chi connectivity index (χ0n) is 12.9. The summed E-state index contributed by atoms with van der Waals surface area (Å²) in [5.41, 5.74) is 0.705. The van der Waals surface area contributed by atoms with Crippen molar-refractivity contribution < 1.29 is 22.4 Å². The molecule has 3 rings (SSSR count). The molecule has 0 saturated heterocycles. The van der Waals surface area contributed by atoms with E-state index in [0.717, 1.165) is 9.86 Å². The average Bonchev–Trinajstić information content (AvgIpc) is 3.00. The number of para-hydroxylation sites is 1. The number of methoxy groups -OCH3 is 1. The number of anilines is 1. The molecule has 2 aromatic carbocycles. The number of rotatable bonds is 4. The standard InChI is InChI=1S/C16H13BrN2O5S/c1-23-13-6-5-10(25(18,21)22)8-12(13)19-16(20)14-7-9-3-2-4-11(17)15(9)24-14/h2-8H,1H3,(H,19,20)(H2,18,21,22). The van der Waals surface area contributed by atoms with Crippen LogP contribution in [0, 0.1) is 0 Å². The van der Waals surface area contributed by atoms with E-state index in [-0.39, 0.29) is 22.1 Å². The van der Waals surface area contributed by atoms with Crippen LogP contribution >= 0.6 is 15.9 Å². The molecular formula is C16H13BrN2O5S. The summed E-state index contributed by atoms with van der Waals surface area (Å²) in [5, 5.41) is 8.45. The molecule has 130 valence electrons. The molecule has 0 fully saturated rings. The van der Waals surface area contributed by atoms with Crippen molar-refractivity contribution in [3.8, 4) is 5.75 Å². The van der Waals surface area contributed by atoms with E-state index in [2.05, 4.69) is 21.2 Å². The van der Waals surface area contributed by atoms with E-state index in [1.165, 1.54) is 25.3 Å². The largest absolute Gasteiger partial charge is 0.495 e. The number of fused-ring (bicyclic) bond motifs is 1. The van der Waals surface area contributed by atoms with Gasteiger partial charge in [0.2, 0.25) is 10.0 Å². The number of amides is 1. The lowest BCUT2D eigenvalue weighted by Crippen LogP contribution is -2.15. The Kier molecular flexibility index (Phi) is 4.55. The van der Waals surface area contributed by atoms with Crippen LogP contribution in [0.25, 0.3) is 11.0 Å². The fourth-order valence-corrected chi connectivity index (χ4v) is 3.29. The first-order valence-electron chi connectivity index (χ1n) is 7.00. The van der Waals surface area contributed by atoms with E-state index in [1.54, 1.807) is 12.1 Å². The minimum Gasteiger partial charge on any atom is -0.495 e. The maximum absolute atomic E-state index is 12.5. The molecule has 0 saturated carbocycles. The summed E-state index contributed by atoms with van der Waals surface area (Å²) in [7, 11) is -2.51. The highest BCUT2D eigenvalue weighted by Crippen LogP contribution is 2.30. The molecule has 3 N–H and O–H groups in total. The smallest absolute Gasteiger partial charge is 0.291 e. The third kappa shape index (κ3) is 3.53. The van der Waals surface area contributed by atoms with E-state index < -0.39 is 15.9 Å². The van der Waals surface area contributed by atoms with Crippen molar-refractivity contribution in [3.63, 3.8) is 0 Å². The molecular weight excluding hydrogens is 412 g/mol. The molecule has 1 aromatic heterocycles. The van der Waals surface area contributed by atoms with Crippen LogP contribution in [0.1, 0.15) is 10.6 Å². The number of primary sulfonamides is 1. The fourth-order valence-electron chi connectivity index (χ4n) is 2.29. The molecule has 0 bridgehead atoms. The number of nitrogens with one attached hydrogen (secondary N) is 1. The molecule has 0 unspecified atom stereocenters. The highest BCUT2D eigenvalue weighted by atomic mass is 79.9. The van der Waals surface area contributed by atoms with Crippen molar-refractivity contribution >= 4 is 48.5 Å². The van der Waals surface area contributed by atoms with Gasteiger partial charge in [-0.15, -0.1) is 0 Å². The van der Waals surface area contributed by atoms with E-state index in [1.807, 2.05) is 12.1 Å². The molecule has 7 nitrogen and oxygen atoms in total. The molecule has 1 amide bonds. The van der Waals surface area contributed by atoms with Crippen LogP contribution in [0.2, 0.25) is 0 Å². The topological polar surface area (TPSA) is 112 Å². The molecule has 1 heterocycles. The lowest BCUT2D eigenvalue weighted by Gasteiger charge is -2.10. The number of hydrogen-bond acceptors (Lipinski definition) is 5. The Morgan fingerprint density at radius 2 is 2.00 bits per heavy atom. The molecule has 0 aliphatic rings. The number of benzene rings is 2. The van der Waals surface area contributed by atoms with E-state index in [4.69, 9.17) is 14.3 Å². The SMILES string of the molecule is COc1ccc(S(N)(=O)=O)cc1NC(=O)c1cc2cccc(Br)c2o1. The summed E-state index contributed by atoms with van der Waals surface area (Å²) >= 11 is 3.35. The third-order valence-electron chi connectivity index (χ3n) is 3.47. The van der Waals surface area contributed by atoms with Crippen LogP contribution in [0.3, 0.4) is 0 Å². The van der Waals surface area contributed by atoms with Gasteiger partial charge in [-0.05, 0) is 46.3 Å². The van der Waals surface area contributed by atoms with Gasteiger partial charge in [0.25, 0.3) is 5.91 Å². The summed E-state index contributed by atoms with van der Waals surface area (Å²) in [6.45, 7) is 0. The molecule has 3 aromatic rings. The average molecular weight is 425 g/mol. The maximum Gasteiger partial charge on any atom is 0.291 e. The number of carbonyl (C=O) groups excluding carboxylic acids is 1. The van der Waals surface area contributed by atoms with Gasteiger partial charge in [-0.1, -0.05) is 12.1 Å². The Morgan fingerprint density at radius 3 is 2.64 bits per heavy atom. The van der Waals surface area contributed by atoms with Gasteiger partial charge in [0, 0.05) is 5.39 Å². The van der Waals surface area contributed by atoms with Crippen molar-refractivity contribution in [2.45, 2.75) is 4.90 Å². The van der Waals surface area contributed by atoms with Gasteiger partial charge in [0.1, 0.15) is 11.3 Å². The highest BCUT2D eigenvalue weighted by Gasteiger charge is 2.18. The minimum absolute atomic E-state index is 0.0740. The Balaban J connectivity index is 1.97. The molecule has 0 atom stereocenters. The van der Waals surface area contributed by atoms with Crippen molar-refractivity contribution in [2.24, 2.45) is 5.14 Å². The number of carbonyl (C=O) groups is 1. The first-order valence-corrected chi connectivity index (χ1v) is 9.34. The number of halogens is 1. The molecule has 0 aliphatic carbocycles. The first-order chi connectivity index (χ1) is 11.8. The zero-order valence-corrected chi connectivity index (χ0v) is 15.3. The summed E-state index contributed by atoms with van der Waals surface area (Å²) in [6, 6.07) is 10.9. The third-order valence-corrected chi connectivity index (χ3v) is 5.00. The van der Waals surface area contributed by atoms with Crippen LogP contribution in [0.4, 0.5) is 5.69 Å². The summed E-state index contributed by atoms with van der Waals surface area (Å²) in [4.78, 5) is 12.3. The van der Waals surface area contributed by atoms with Crippen LogP contribution in [-0.2, 0) is 10.0 Å². The van der Waals surface area contributed by atoms with Crippen molar-refractivity contribution in [3.05, 3.63) is 52.7 Å². The molecule has 0 radical (unpaired) electrons. The number of nitrogens with two attached hydrogens (primary N) is 1. The second-order valence-corrected chi connectivity index (χ2v) is 7.55. The van der Waals surface area contributed by atoms with Gasteiger partial charge in [-0.3, -0.25) is 4.79 Å². The maximum atomic E-state index is 12.5. The van der Waals surface area contributed by atoms with Crippen molar-refractivity contribution in [2.75, 3.05) is 12.4 Å². The van der Waals surface area contributed by atoms with E-state index in [0.29, 0.717) is 5.58 Å². The molecule has 25 heavy (non-hydrogen) atoms. The van der Waals surface area contributed by atoms with Gasteiger partial charge < -0.3 is 14.5 Å². The predicted octanol–water partition coefficient (Wildman–Crippen LogP) is 3.10. The normalized spacial score (nSPS) is 11.5. The van der Waals surface area contributed by atoms with Gasteiger partial charge in [-0.25, -0.2) is 13.6 Å². The monoisotopic (exact) mass is 424 g/mol. The minimum atomic E-state index is -3.91. The lowest BCUT2D eigenvalue weighted by molar-refractivity contribution is 0.0998.